The van der Waals surface area contributed by atoms with Gasteiger partial charge in [0.1, 0.15) is 22.9 Å². The zero-order chi connectivity index (χ0) is 26.0. The van der Waals surface area contributed by atoms with Gasteiger partial charge in [0.25, 0.3) is 5.91 Å². The maximum absolute atomic E-state index is 14.0. The number of benzene rings is 2. The van der Waals surface area contributed by atoms with Crippen LogP contribution in [0, 0.1) is 0 Å². The van der Waals surface area contributed by atoms with E-state index in [1.54, 1.807) is 36.4 Å². The van der Waals surface area contributed by atoms with Crippen LogP contribution < -0.4 is 29.6 Å². The lowest BCUT2D eigenvalue weighted by Crippen LogP contribution is -2.36. The topological polar surface area (TPSA) is 95.9 Å². The molecule has 1 amide bonds. The summed E-state index contributed by atoms with van der Waals surface area (Å²) in [5.41, 5.74) is 0.774. The van der Waals surface area contributed by atoms with Crippen LogP contribution in [0.5, 0.6) is 23.0 Å². The summed E-state index contributed by atoms with van der Waals surface area (Å²) < 4.78 is 63.9. The van der Waals surface area contributed by atoms with E-state index in [2.05, 4.69) is 15.7 Å². The molecule has 0 spiro atoms. The number of fused-ring (bicyclic) bond motifs is 1. The van der Waals surface area contributed by atoms with E-state index in [9.17, 15) is 18.0 Å². The van der Waals surface area contributed by atoms with Crippen molar-refractivity contribution < 1.29 is 36.9 Å². The molecule has 2 N–H and O–H groups in total. The molecule has 2 aromatic carbocycles. The van der Waals surface area contributed by atoms with Gasteiger partial charge in [0.2, 0.25) is 0 Å². The van der Waals surface area contributed by atoms with Crippen LogP contribution in [0.1, 0.15) is 34.4 Å². The van der Waals surface area contributed by atoms with E-state index in [-0.39, 0.29) is 17.8 Å². The first-order valence-electron chi connectivity index (χ1n) is 10.9. The van der Waals surface area contributed by atoms with Crippen molar-refractivity contribution in [2.45, 2.75) is 24.7 Å². The highest BCUT2D eigenvalue weighted by Crippen LogP contribution is 2.45. The van der Waals surface area contributed by atoms with Gasteiger partial charge in [0.05, 0.1) is 46.4 Å². The highest BCUT2D eigenvalue weighted by Gasteiger charge is 2.47. The molecule has 36 heavy (non-hydrogen) atoms. The third-order valence-corrected chi connectivity index (χ3v) is 5.95. The van der Waals surface area contributed by atoms with E-state index < -0.39 is 24.2 Å². The van der Waals surface area contributed by atoms with Gasteiger partial charge in [0.15, 0.2) is 17.5 Å². The molecule has 0 saturated carbocycles. The SMILES string of the molecule is COc1ccc(OC)c(NC(=O)c2cnn3c2N[C@H](c2ccc(OC)c(OC)c2)C[C@H]3C(F)(F)F)c1. The van der Waals surface area contributed by atoms with Gasteiger partial charge in [-0.2, -0.15) is 18.3 Å². The molecule has 9 nitrogen and oxygen atoms in total. The molecule has 0 bridgehead atoms. The van der Waals surface area contributed by atoms with Gasteiger partial charge in [-0.25, -0.2) is 4.68 Å². The molecule has 0 aliphatic carbocycles. The third kappa shape index (κ3) is 4.70. The molecule has 0 fully saturated rings. The molecular weight excluding hydrogens is 481 g/mol. The first-order chi connectivity index (χ1) is 17.2. The highest BCUT2D eigenvalue weighted by molar-refractivity contribution is 6.08. The van der Waals surface area contributed by atoms with Crippen molar-refractivity contribution in [3.63, 3.8) is 0 Å². The van der Waals surface area contributed by atoms with Crippen molar-refractivity contribution in [3.8, 4) is 23.0 Å². The second-order valence-electron chi connectivity index (χ2n) is 7.98. The van der Waals surface area contributed by atoms with Crippen LogP contribution in [0.3, 0.4) is 0 Å². The predicted octanol–water partition coefficient (Wildman–Crippen LogP) is 4.83. The lowest BCUT2D eigenvalue weighted by atomic mass is 9.96. The molecule has 4 rings (SSSR count). The number of carbonyl (C=O) groups excluding carboxylic acids is 1. The fraction of sp³-hybridized carbons (Fsp3) is 0.333. The van der Waals surface area contributed by atoms with Crippen molar-refractivity contribution in [1.29, 1.82) is 0 Å². The number of hydrogen-bond donors (Lipinski definition) is 2. The Bertz CT molecular complexity index is 1260. The molecule has 3 aromatic rings. The van der Waals surface area contributed by atoms with Crippen LogP contribution >= 0.6 is 0 Å². The lowest BCUT2D eigenvalue weighted by molar-refractivity contribution is -0.173. The zero-order valence-electron chi connectivity index (χ0n) is 20.0. The average molecular weight is 506 g/mol. The maximum Gasteiger partial charge on any atom is 0.410 e. The number of ether oxygens (including phenoxy) is 4. The molecule has 192 valence electrons. The largest absolute Gasteiger partial charge is 0.497 e. The summed E-state index contributed by atoms with van der Waals surface area (Å²) >= 11 is 0. The first kappa shape index (κ1) is 25.0. The second kappa shape index (κ2) is 9.88. The Morgan fingerprint density at radius 2 is 1.69 bits per heavy atom. The van der Waals surface area contributed by atoms with Crippen molar-refractivity contribution in [1.82, 2.24) is 9.78 Å². The summed E-state index contributed by atoms with van der Waals surface area (Å²) in [6.45, 7) is 0. The molecule has 1 aliphatic rings. The van der Waals surface area contributed by atoms with Crippen LogP contribution in [-0.4, -0.2) is 50.3 Å². The number of hydrogen-bond acceptors (Lipinski definition) is 7. The number of carbonyl (C=O) groups is 1. The number of aromatic nitrogens is 2. The van der Waals surface area contributed by atoms with Gasteiger partial charge in [-0.05, 0) is 29.8 Å². The molecule has 1 aliphatic heterocycles. The Morgan fingerprint density at radius 1 is 1.00 bits per heavy atom. The number of methoxy groups -OCH3 is 4. The summed E-state index contributed by atoms with van der Waals surface area (Å²) in [4.78, 5) is 13.2. The van der Waals surface area contributed by atoms with Gasteiger partial charge in [0, 0.05) is 12.5 Å². The molecule has 1 aromatic heterocycles. The standard InChI is InChI=1S/C24H25F3N4O5/c1-33-14-6-8-18(34-2)17(10-14)30-23(32)15-12-28-31-21(24(25,26)27)11-16(29-22(15)31)13-5-7-19(35-3)20(9-13)36-4/h5-10,12,16,21,29H,11H2,1-4H3,(H,30,32)/t16-,21-/m0/s1. The predicted molar refractivity (Wildman–Crippen MR) is 125 cm³/mol. The van der Waals surface area contributed by atoms with E-state index in [1.165, 1.54) is 28.4 Å². The van der Waals surface area contributed by atoms with Crippen molar-refractivity contribution in [2.24, 2.45) is 0 Å². The van der Waals surface area contributed by atoms with Crippen LogP contribution in [0.2, 0.25) is 0 Å². The van der Waals surface area contributed by atoms with E-state index >= 15 is 0 Å². The van der Waals surface area contributed by atoms with Crippen LogP contribution in [0.25, 0.3) is 0 Å². The summed E-state index contributed by atoms with van der Waals surface area (Å²) in [5, 5.41) is 9.64. The van der Waals surface area contributed by atoms with Gasteiger partial charge in [-0.15, -0.1) is 0 Å². The monoisotopic (exact) mass is 506 g/mol. The minimum absolute atomic E-state index is 0.0530. The average Bonchev–Trinajstić information content (AvgIpc) is 3.31. The molecule has 2 heterocycles. The quantitative estimate of drug-likeness (QED) is 0.474. The van der Waals surface area contributed by atoms with E-state index in [0.29, 0.717) is 34.2 Å². The Balaban J connectivity index is 1.71. The number of halogens is 3. The van der Waals surface area contributed by atoms with E-state index in [0.717, 1.165) is 10.9 Å². The third-order valence-electron chi connectivity index (χ3n) is 5.95. The summed E-state index contributed by atoms with van der Waals surface area (Å²) in [6, 6.07) is 6.96. The van der Waals surface area contributed by atoms with Crippen molar-refractivity contribution in [3.05, 3.63) is 53.7 Å². The minimum atomic E-state index is -4.60. The molecule has 12 heteroatoms. The summed E-state index contributed by atoms with van der Waals surface area (Å²) in [5.74, 6) is 0.928. The number of amides is 1. The Hall–Kier alpha value is -4.09. The fourth-order valence-electron chi connectivity index (χ4n) is 4.12. The number of nitrogens with one attached hydrogen (secondary N) is 2. The van der Waals surface area contributed by atoms with Crippen LogP contribution in [0.4, 0.5) is 24.7 Å². The normalized spacial score (nSPS) is 17.0. The Kier molecular flexibility index (Phi) is 6.86. The van der Waals surface area contributed by atoms with E-state index in [4.69, 9.17) is 18.9 Å². The number of anilines is 2. The van der Waals surface area contributed by atoms with Gasteiger partial charge in [-0.3, -0.25) is 4.79 Å². The highest BCUT2D eigenvalue weighted by atomic mass is 19.4. The van der Waals surface area contributed by atoms with Gasteiger partial charge < -0.3 is 29.6 Å². The second-order valence-corrected chi connectivity index (χ2v) is 7.98. The number of alkyl halides is 3. The Labute approximate surface area is 205 Å². The number of nitrogens with zero attached hydrogens (tertiary/aromatic N) is 2. The van der Waals surface area contributed by atoms with Gasteiger partial charge in [-0.1, -0.05) is 6.07 Å². The molecular formula is C24H25F3N4O5. The maximum atomic E-state index is 14.0. The minimum Gasteiger partial charge on any atom is -0.497 e. The van der Waals surface area contributed by atoms with Gasteiger partial charge >= 0.3 is 6.18 Å². The van der Waals surface area contributed by atoms with Crippen LogP contribution in [0.15, 0.2) is 42.6 Å². The molecule has 2 atom stereocenters. The Morgan fingerprint density at radius 3 is 2.33 bits per heavy atom. The number of rotatable bonds is 7. The molecule has 0 radical (unpaired) electrons. The zero-order valence-corrected chi connectivity index (χ0v) is 20.0. The molecule has 0 saturated heterocycles. The summed E-state index contributed by atoms with van der Waals surface area (Å²) in [7, 11) is 5.81. The molecule has 0 unspecified atom stereocenters. The fourth-order valence-corrected chi connectivity index (χ4v) is 4.12. The van der Waals surface area contributed by atoms with E-state index in [1.807, 2.05) is 0 Å². The lowest BCUT2D eigenvalue weighted by Gasteiger charge is -2.34. The van der Waals surface area contributed by atoms with Crippen LogP contribution in [-0.2, 0) is 0 Å². The first-order valence-corrected chi connectivity index (χ1v) is 10.9. The smallest absolute Gasteiger partial charge is 0.410 e. The van der Waals surface area contributed by atoms with Crippen molar-refractivity contribution in [2.75, 3.05) is 39.1 Å². The van der Waals surface area contributed by atoms with Crippen molar-refractivity contribution >= 4 is 17.4 Å². The summed E-state index contributed by atoms with van der Waals surface area (Å²) in [6.07, 6.45) is -3.82.